The molecule has 1 heteroatoms. The van der Waals surface area contributed by atoms with Crippen LogP contribution in [0.3, 0.4) is 0 Å². The van der Waals surface area contributed by atoms with E-state index >= 15 is 0 Å². The largest absolute Gasteiger partial charge is 0.330 e. The van der Waals surface area contributed by atoms with E-state index < -0.39 is 0 Å². The van der Waals surface area contributed by atoms with Crippen LogP contribution in [0.25, 0.3) is 0 Å². The van der Waals surface area contributed by atoms with Crippen molar-refractivity contribution in [1.29, 1.82) is 0 Å². The predicted octanol–water partition coefficient (Wildman–Crippen LogP) is 2.91. The Morgan fingerprint density at radius 2 is 1.79 bits per heavy atom. The molecule has 0 saturated heterocycles. The molecule has 0 saturated carbocycles. The van der Waals surface area contributed by atoms with Gasteiger partial charge in [-0.15, -0.1) is 0 Å². The smallest absolute Gasteiger partial charge is 0.00747 e. The van der Waals surface area contributed by atoms with E-state index in [2.05, 4.69) is 38.1 Å². The first-order chi connectivity index (χ1) is 6.72. The molecule has 0 aromatic heterocycles. The molecule has 1 rings (SSSR count). The van der Waals surface area contributed by atoms with E-state index in [4.69, 9.17) is 5.73 Å². The molecule has 1 unspecified atom stereocenters. The van der Waals surface area contributed by atoms with Gasteiger partial charge in [0.2, 0.25) is 0 Å². The van der Waals surface area contributed by atoms with Crippen LogP contribution in [0, 0.1) is 12.8 Å². The minimum Gasteiger partial charge on any atom is -0.330 e. The van der Waals surface area contributed by atoms with Crippen molar-refractivity contribution in [3.8, 4) is 0 Å². The number of hydrogen-bond donors (Lipinski definition) is 1. The summed E-state index contributed by atoms with van der Waals surface area (Å²) >= 11 is 0. The van der Waals surface area contributed by atoms with Gasteiger partial charge in [-0.3, -0.25) is 0 Å². The Bertz CT molecular complexity index is 250. The number of rotatable bonds is 5. The van der Waals surface area contributed by atoms with Crippen molar-refractivity contribution >= 4 is 0 Å². The lowest BCUT2D eigenvalue weighted by atomic mass is 9.98. The fraction of sp³-hybridized carbons (Fsp3) is 0.538. The SMILES string of the molecule is Cc1ccc(CCC(C)CCN)cc1. The van der Waals surface area contributed by atoms with E-state index in [0.717, 1.165) is 18.9 Å². The molecule has 0 fully saturated rings. The van der Waals surface area contributed by atoms with E-state index in [1.165, 1.54) is 24.0 Å². The second-order valence-electron chi connectivity index (χ2n) is 4.21. The van der Waals surface area contributed by atoms with Crippen LogP contribution in [-0.2, 0) is 6.42 Å². The van der Waals surface area contributed by atoms with E-state index in [1.807, 2.05) is 0 Å². The summed E-state index contributed by atoms with van der Waals surface area (Å²) in [6, 6.07) is 8.82. The second kappa shape index (κ2) is 5.82. The van der Waals surface area contributed by atoms with Crippen LogP contribution < -0.4 is 5.73 Å². The summed E-state index contributed by atoms with van der Waals surface area (Å²) in [6.45, 7) is 5.22. The molecular weight excluding hydrogens is 170 g/mol. The Morgan fingerprint density at radius 1 is 1.14 bits per heavy atom. The third kappa shape index (κ3) is 3.93. The van der Waals surface area contributed by atoms with Gasteiger partial charge in [-0.05, 0) is 44.2 Å². The third-order valence-electron chi connectivity index (χ3n) is 2.71. The van der Waals surface area contributed by atoms with Crippen LogP contribution in [0.2, 0.25) is 0 Å². The number of aryl methyl sites for hydroxylation is 2. The maximum atomic E-state index is 5.52. The van der Waals surface area contributed by atoms with Crippen LogP contribution >= 0.6 is 0 Å². The summed E-state index contributed by atoms with van der Waals surface area (Å²) in [4.78, 5) is 0. The van der Waals surface area contributed by atoms with Crippen LogP contribution in [0.1, 0.15) is 30.9 Å². The lowest BCUT2D eigenvalue weighted by molar-refractivity contribution is 0.500. The second-order valence-corrected chi connectivity index (χ2v) is 4.21. The minimum absolute atomic E-state index is 0.751. The van der Waals surface area contributed by atoms with Crippen LogP contribution in [0.15, 0.2) is 24.3 Å². The Hall–Kier alpha value is -0.820. The van der Waals surface area contributed by atoms with Gasteiger partial charge in [0.1, 0.15) is 0 Å². The topological polar surface area (TPSA) is 26.0 Å². The van der Waals surface area contributed by atoms with Crippen molar-refractivity contribution in [3.63, 3.8) is 0 Å². The lowest BCUT2D eigenvalue weighted by Gasteiger charge is -2.09. The van der Waals surface area contributed by atoms with Gasteiger partial charge < -0.3 is 5.73 Å². The van der Waals surface area contributed by atoms with Gasteiger partial charge in [0, 0.05) is 0 Å². The van der Waals surface area contributed by atoms with Gasteiger partial charge in [-0.2, -0.15) is 0 Å². The normalized spacial score (nSPS) is 12.8. The highest BCUT2D eigenvalue weighted by Crippen LogP contribution is 2.12. The Morgan fingerprint density at radius 3 is 2.36 bits per heavy atom. The summed E-state index contributed by atoms with van der Waals surface area (Å²) in [5, 5.41) is 0. The minimum atomic E-state index is 0.751. The van der Waals surface area contributed by atoms with Gasteiger partial charge in [0.25, 0.3) is 0 Å². The molecule has 78 valence electrons. The maximum absolute atomic E-state index is 5.52. The van der Waals surface area contributed by atoms with Crippen molar-refractivity contribution < 1.29 is 0 Å². The number of nitrogens with two attached hydrogens (primary N) is 1. The van der Waals surface area contributed by atoms with E-state index in [-0.39, 0.29) is 0 Å². The Balaban J connectivity index is 2.34. The van der Waals surface area contributed by atoms with Gasteiger partial charge in [0.15, 0.2) is 0 Å². The first-order valence-electron chi connectivity index (χ1n) is 5.48. The number of hydrogen-bond acceptors (Lipinski definition) is 1. The fourth-order valence-electron chi connectivity index (χ4n) is 1.60. The zero-order valence-electron chi connectivity index (χ0n) is 9.29. The van der Waals surface area contributed by atoms with Crippen molar-refractivity contribution in [3.05, 3.63) is 35.4 Å². The van der Waals surface area contributed by atoms with Crippen LogP contribution in [0.5, 0.6) is 0 Å². The summed E-state index contributed by atoms with van der Waals surface area (Å²) in [7, 11) is 0. The van der Waals surface area contributed by atoms with Gasteiger partial charge >= 0.3 is 0 Å². The summed E-state index contributed by atoms with van der Waals surface area (Å²) < 4.78 is 0. The summed E-state index contributed by atoms with van der Waals surface area (Å²) in [5.74, 6) is 0.751. The summed E-state index contributed by atoms with van der Waals surface area (Å²) in [5.41, 5.74) is 8.30. The highest BCUT2D eigenvalue weighted by Gasteiger charge is 2.01. The van der Waals surface area contributed by atoms with E-state index in [0.29, 0.717) is 0 Å². The molecule has 14 heavy (non-hydrogen) atoms. The fourth-order valence-corrected chi connectivity index (χ4v) is 1.60. The zero-order valence-corrected chi connectivity index (χ0v) is 9.29. The van der Waals surface area contributed by atoms with Crippen molar-refractivity contribution in [2.45, 2.75) is 33.1 Å². The van der Waals surface area contributed by atoms with Crippen LogP contribution in [0.4, 0.5) is 0 Å². The van der Waals surface area contributed by atoms with Crippen molar-refractivity contribution in [2.75, 3.05) is 6.54 Å². The van der Waals surface area contributed by atoms with Crippen molar-refractivity contribution in [1.82, 2.24) is 0 Å². The molecule has 0 aliphatic heterocycles. The first kappa shape index (κ1) is 11.3. The standard InChI is InChI=1S/C13H21N/c1-11-3-6-13(7-4-11)8-5-12(2)9-10-14/h3-4,6-7,12H,5,8-10,14H2,1-2H3. The Kier molecular flexibility index (Phi) is 4.68. The molecule has 0 spiro atoms. The molecule has 0 heterocycles. The number of benzene rings is 1. The average molecular weight is 191 g/mol. The monoisotopic (exact) mass is 191 g/mol. The average Bonchev–Trinajstić information content (AvgIpc) is 2.17. The predicted molar refractivity (Wildman–Crippen MR) is 62.3 cm³/mol. The van der Waals surface area contributed by atoms with Gasteiger partial charge in [-0.25, -0.2) is 0 Å². The highest BCUT2D eigenvalue weighted by atomic mass is 14.5. The molecule has 0 amide bonds. The van der Waals surface area contributed by atoms with E-state index in [9.17, 15) is 0 Å². The molecule has 1 atom stereocenters. The molecule has 0 radical (unpaired) electrons. The molecule has 0 aliphatic carbocycles. The summed E-state index contributed by atoms with van der Waals surface area (Å²) in [6.07, 6.45) is 3.58. The Labute approximate surface area is 87.3 Å². The molecule has 1 nitrogen and oxygen atoms in total. The lowest BCUT2D eigenvalue weighted by Crippen LogP contribution is -2.06. The molecule has 1 aromatic rings. The van der Waals surface area contributed by atoms with Crippen molar-refractivity contribution in [2.24, 2.45) is 11.7 Å². The molecule has 1 aromatic carbocycles. The third-order valence-corrected chi connectivity index (χ3v) is 2.71. The molecule has 0 aliphatic rings. The zero-order chi connectivity index (χ0) is 10.4. The molecule has 2 N–H and O–H groups in total. The van der Waals surface area contributed by atoms with E-state index in [1.54, 1.807) is 0 Å². The quantitative estimate of drug-likeness (QED) is 0.761. The first-order valence-corrected chi connectivity index (χ1v) is 5.48. The van der Waals surface area contributed by atoms with Gasteiger partial charge in [0.05, 0.1) is 0 Å². The highest BCUT2D eigenvalue weighted by molar-refractivity contribution is 5.21. The molecular formula is C13H21N. The van der Waals surface area contributed by atoms with Crippen LogP contribution in [-0.4, -0.2) is 6.54 Å². The maximum Gasteiger partial charge on any atom is -0.00747 e. The van der Waals surface area contributed by atoms with Gasteiger partial charge in [-0.1, -0.05) is 36.8 Å². The molecule has 0 bridgehead atoms.